The fourth-order valence-electron chi connectivity index (χ4n) is 6.90. The Morgan fingerprint density at radius 3 is 2.43 bits per heavy atom. The monoisotopic (exact) mass is 444 g/mol. The summed E-state index contributed by atoms with van der Waals surface area (Å²) in [4.78, 5) is 24.9. The van der Waals surface area contributed by atoms with E-state index in [-0.39, 0.29) is 20.5 Å². The summed E-state index contributed by atoms with van der Waals surface area (Å²) in [6, 6.07) is 0. The van der Waals surface area contributed by atoms with E-state index < -0.39 is 0 Å². The summed E-state index contributed by atoms with van der Waals surface area (Å²) >= 11 is 7.38. The molecule has 0 aliphatic heterocycles. The molecular weight excluding hydrogens is 420 g/mol. The van der Waals surface area contributed by atoms with Gasteiger partial charge in [0.25, 0.3) is 0 Å². The molecule has 8 atom stereocenters. The molecule has 0 aromatic carbocycles. The quantitative estimate of drug-likeness (QED) is 0.496. The van der Waals surface area contributed by atoms with E-state index >= 15 is 0 Å². The van der Waals surface area contributed by atoms with Crippen molar-refractivity contribution in [3.8, 4) is 0 Å². The predicted molar refractivity (Wildman–Crippen MR) is 97.9 cm³/mol. The lowest BCUT2D eigenvalue weighted by Gasteiger charge is -2.60. The van der Waals surface area contributed by atoms with Crippen molar-refractivity contribution in [1.29, 1.82) is 0 Å². The minimum Gasteiger partial charge on any atom is -0.299 e. The molecule has 4 fully saturated rings. The largest absolute Gasteiger partial charge is 0.299 e. The molecule has 0 bridgehead atoms. The lowest BCUT2D eigenvalue weighted by molar-refractivity contribution is -0.142. The number of rotatable bonds is 0. The summed E-state index contributed by atoms with van der Waals surface area (Å²) in [5, 5.41) is 0. The van der Waals surface area contributed by atoms with Crippen LogP contribution in [-0.4, -0.2) is 21.2 Å². The number of hydrogen-bond donors (Lipinski definition) is 0. The van der Waals surface area contributed by atoms with Gasteiger partial charge in [0.1, 0.15) is 5.78 Å². The van der Waals surface area contributed by atoms with Gasteiger partial charge in [-0.3, -0.25) is 9.59 Å². The summed E-state index contributed by atoms with van der Waals surface area (Å²) < 4.78 is 0. The van der Waals surface area contributed by atoms with Gasteiger partial charge in [0.2, 0.25) is 0 Å². The van der Waals surface area contributed by atoms with Crippen molar-refractivity contribution in [1.82, 2.24) is 0 Å². The van der Waals surface area contributed by atoms with Gasteiger partial charge in [-0.25, -0.2) is 0 Å². The van der Waals surface area contributed by atoms with Crippen LogP contribution in [-0.2, 0) is 9.59 Å². The molecule has 4 aliphatic carbocycles. The molecule has 4 heteroatoms. The Balaban J connectivity index is 1.68. The van der Waals surface area contributed by atoms with Crippen LogP contribution in [0.25, 0.3) is 0 Å². The van der Waals surface area contributed by atoms with Crippen LogP contribution >= 0.6 is 31.9 Å². The van der Waals surface area contributed by atoms with Crippen molar-refractivity contribution in [2.24, 2.45) is 34.5 Å². The molecule has 0 spiro atoms. The number of fused-ring (bicyclic) bond motifs is 5. The van der Waals surface area contributed by atoms with Gasteiger partial charge in [-0.2, -0.15) is 0 Å². The van der Waals surface area contributed by atoms with Gasteiger partial charge in [-0.05, 0) is 67.6 Å². The van der Waals surface area contributed by atoms with Crippen LogP contribution in [0.15, 0.2) is 0 Å². The first-order valence-corrected chi connectivity index (χ1v) is 11.0. The smallest absolute Gasteiger partial charge is 0.160 e. The Morgan fingerprint density at radius 2 is 1.70 bits per heavy atom. The number of carbonyl (C=O) groups excluding carboxylic acids is 2. The van der Waals surface area contributed by atoms with E-state index in [0.29, 0.717) is 35.2 Å². The van der Waals surface area contributed by atoms with Crippen LogP contribution in [0.1, 0.15) is 58.8 Å². The topological polar surface area (TPSA) is 34.1 Å². The second-order valence-corrected chi connectivity index (χ2v) is 11.1. The fraction of sp³-hybridized carbons (Fsp3) is 0.895. The van der Waals surface area contributed by atoms with Crippen molar-refractivity contribution in [3.63, 3.8) is 0 Å². The molecular formula is C19H26Br2O2. The number of carbonyl (C=O) groups is 2. The van der Waals surface area contributed by atoms with Gasteiger partial charge in [0.05, 0.1) is 9.65 Å². The van der Waals surface area contributed by atoms with Gasteiger partial charge >= 0.3 is 0 Å². The number of halogens is 2. The van der Waals surface area contributed by atoms with Crippen molar-refractivity contribution < 1.29 is 9.59 Å². The van der Waals surface area contributed by atoms with Gasteiger partial charge in [-0.15, -0.1) is 0 Å². The first-order valence-electron chi connectivity index (χ1n) is 9.14. The zero-order chi connectivity index (χ0) is 16.6. The first kappa shape index (κ1) is 16.8. The van der Waals surface area contributed by atoms with Crippen molar-refractivity contribution in [2.45, 2.75) is 68.4 Å². The molecule has 128 valence electrons. The highest BCUT2D eigenvalue weighted by Gasteiger charge is 2.62. The van der Waals surface area contributed by atoms with E-state index in [2.05, 4.69) is 45.7 Å². The van der Waals surface area contributed by atoms with Crippen LogP contribution in [0.2, 0.25) is 0 Å². The lowest BCUT2D eigenvalue weighted by atomic mass is 9.45. The third-order valence-electron chi connectivity index (χ3n) is 8.20. The summed E-state index contributed by atoms with van der Waals surface area (Å²) in [5.74, 6) is 3.28. The molecule has 2 nitrogen and oxygen atoms in total. The third kappa shape index (κ3) is 2.16. The molecule has 0 heterocycles. The maximum Gasteiger partial charge on any atom is 0.160 e. The van der Waals surface area contributed by atoms with Crippen LogP contribution in [0.4, 0.5) is 0 Å². The van der Waals surface area contributed by atoms with Crippen LogP contribution < -0.4 is 0 Å². The van der Waals surface area contributed by atoms with Crippen molar-refractivity contribution in [3.05, 3.63) is 0 Å². The van der Waals surface area contributed by atoms with E-state index in [9.17, 15) is 9.59 Å². The number of hydrogen-bond acceptors (Lipinski definition) is 2. The van der Waals surface area contributed by atoms with Gasteiger partial charge < -0.3 is 0 Å². The highest BCUT2D eigenvalue weighted by molar-refractivity contribution is 9.10. The normalized spacial score (nSPS) is 56.0. The fourth-order valence-corrected chi connectivity index (χ4v) is 9.42. The first-order chi connectivity index (χ1) is 10.8. The molecule has 0 radical (unpaired) electrons. The molecule has 23 heavy (non-hydrogen) atoms. The molecule has 4 saturated carbocycles. The van der Waals surface area contributed by atoms with E-state index in [4.69, 9.17) is 0 Å². The third-order valence-corrected chi connectivity index (χ3v) is 10.1. The number of ketones is 2. The van der Waals surface area contributed by atoms with Crippen molar-refractivity contribution >= 4 is 43.4 Å². The predicted octanol–water partition coefficient (Wildman–Crippen LogP) is 4.91. The Morgan fingerprint density at radius 1 is 0.957 bits per heavy atom. The Hall–Kier alpha value is 0.300. The van der Waals surface area contributed by atoms with Gasteiger partial charge in [0.15, 0.2) is 5.78 Å². The Bertz CT molecular complexity index is 562. The van der Waals surface area contributed by atoms with Crippen LogP contribution in [0.5, 0.6) is 0 Å². The van der Waals surface area contributed by atoms with E-state index in [1.807, 2.05) is 0 Å². The minimum atomic E-state index is -0.0452. The van der Waals surface area contributed by atoms with E-state index in [0.717, 1.165) is 32.1 Å². The maximum absolute atomic E-state index is 12.5. The summed E-state index contributed by atoms with van der Waals surface area (Å²) in [6.07, 6.45) is 7.45. The Labute approximate surface area is 155 Å². The summed E-state index contributed by atoms with van der Waals surface area (Å²) in [5.41, 5.74) is 0.183. The molecule has 0 saturated heterocycles. The maximum atomic E-state index is 12.5. The second kappa shape index (κ2) is 5.40. The molecule has 8 unspecified atom stereocenters. The average molecular weight is 446 g/mol. The SMILES string of the molecule is CC12CCC3C(CCC4C(Br)C(=O)C(Br)CC43C)C1CCC2=O. The van der Waals surface area contributed by atoms with Crippen molar-refractivity contribution in [2.75, 3.05) is 0 Å². The summed E-state index contributed by atoms with van der Waals surface area (Å²) in [6.45, 7) is 4.67. The molecule has 0 aromatic heterocycles. The standard InChI is InChI=1S/C19H26Br2O2/c1-18-8-7-12-10(11(18)5-6-15(18)22)3-4-13-16(21)17(23)14(20)9-19(12,13)2/h10-14,16H,3-9H2,1-2H3. The highest BCUT2D eigenvalue weighted by Crippen LogP contribution is 2.66. The van der Waals surface area contributed by atoms with Crippen LogP contribution in [0.3, 0.4) is 0 Å². The zero-order valence-corrected chi connectivity index (χ0v) is 17.2. The Kier molecular flexibility index (Phi) is 3.93. The molecule has 0 aromatic rings. The minimum absolute atomic E-state index is 0.00472. The summed E-state index contributed by atoms with van der Waals surface area (Å²) in [7, 11) is 0. The van der Waals surface area contributed by atoms with Crippen LogP contribution in [0, 0.1) is 34.5 Å². The average Bonchev–Trinajstić information content (AvgIpc) is 2.80. The zero-order valence-electron chi connectivity index (χ0n) is 14.0. The second-order valence-electron chi connectivity index (χ2n) is 8.96. The molecule has 0 N–H and O–H groups in total. The number of alkyl halides is 2. The molecule has 4 rings (SSSR count). The highest BCUT2D eigenvalue weighted by atomic mass is 79.9. The van der Waals surface area contributed by atoms with Gasteiger partial charge in [-0.1, -0.05) is 45.7 Å². The van der Waals surface area contributed by atoms with Gasteiger partial charge in [0, 0.05) is 11.8 Å². The molecule has 0 amide bonds. The number of Topliss-reactive ketones (excluding diaryl/α,β-unsaturated/α-hetero) is 2. The van der Waals surface area contributed by atoms with E-state index in [1.165, 1.54) is 12.8 Å². The van der Waals surface area contributed by atoms with E-state index in [1.54, 1.807) is 0 Å². The molecule has 4 aliphatic rings. The lowest BCUT2D eigenvalue weighted by Crippen LogP contribution is -2.58.